The normalized spacial score (nSPS) is 15.2. The quantitative estimate of drug-likeness (QED) is 0.670. The van der Waals surface area contributed by atoms with Gasteiger partial charge in [0.1, 0.15) is 0 Å². The summed E-state index contributed by atoms with van der Waals surface area (Å²) in [7, 11) is 6.10. The molecule has 0 amide bonds. The second-order valence-electron chi connectivity index (χ2n) is 9.32. The summed E-state index contributed by atoms with van der Waals surface area (Å²) >= 11 is 0. The molecule has 154 valence electrons. The highest BCUT2D eigenvalue weighted by molar-refractivity contribution is 5.91. The summed E-state index contributed by atoms with van der Waals surface area (Å²) in [6.07, 6.45) is 1.03. The molecule has 3 heterocycles. The van der Waals surface area contributed by atoms with Crippen molar-refractivity contribution in [1.29, 1.82) is 0 Å². The van der Waals surface area contributed by atoms with E-state index in [9.17, 15) is 0 Å². The Morgan fingerprint density at radius 1 is 1.10 bits per heavy atom. The third kappa shape index (κ3) is 3.42. The molecule has 0 saturated carbocycles. The Bertz CT molecular complexity index is 1040. The van der Waals surface area contributed by atoms with Crippen molar-refractivity contribution in [2.24, 2.45) is 7.05 Å². The fourth-order valence-electron chi connectivity index (χ4n) is 4.33. The van der Waals surface area contributed by atoms with Crippen LogP contribution >= 0.6 is 0 Å². The van der Waals surface area contributed by atoms with Crippen molar-refractivity contribution in [3.05, 3.63) is 52.8 Å². The largest absolute Gasteiger partial charge is 0.361 e. The predicted octanol–water partition coefficient (Wildman–Crippen LogP) is 4.13. The van der Waals surface area contributed by atoms with Crippen LogP contribution in [0.25, 0.3) is 10.9 Å². The molecule has 0 N–H and O–H groups in total. The van der Waals surface area contributed by atoms with Gasteiger partial charge in [0.05, 0.1) is 11.2 Å². The van der Waals surface area contributed by atoms with Gasteiger partial charge < -0.3 is 4.90 Å². The first kappa shape index (κ1) is 19.9. The summed E-state index contributed by atoms with van der Waals surface area (Å²) in [4.78, 5) is 9.72. The zero-order valence-corrected chi connectivity index (χ0v) is 18.8. The van der Waals surface area contributed by atoms with Gasteiger partial charge in [0.25, 0.3) is 0 Å². The molecule has 1 aliphatic heterocycles. The first-order valence-corrected chi connectivity index (χ1v) is 10.6. The van der Waals surface area contributed by atoms with Gasteiger partial charge >= 0.3 is 0 Å². The zero-order valence-electron chi connectivity index (χ0n) is 18.8. The highest BCUT2D eigenvalue weighted by Gasteiger charge is 2.28. The summed E-state index contributed by atoms with van der Waals surface area (Å²) in [5.41, 5.74) is 6.05. The lowest BCUT2D eigenvalue weighted by molar-refractivity contribution is 0.201. The van der Waals surface area contributed by atoms with Crippen molar-refractivity contribution in [2.75, 3.05) is 25.5 Å². The number of rotatable bonds is 4. The molecule has 0 fully saturated rings. The Balaban J connectivity index is 1.71. The number of anilines is 1. The maximum atomic E-state index is 5.13. The Labute approximate surface area is 174 Å². The van der Waals surface area contributed by atoms with E-state index in [0.717, 1.165) is 36.5 Å². The van der Waals surface area contributed by atoms with Gasteiger partial charge in [-0.1, -0.05) is 26.0 Å². The van der Waals surface area contributed by atoms with Crippen LogP contribution in [0.2, 0.25) is 0 Å². The smallest absolute Gasteiger partial charge is 0.158 e. The van der Waals surface area contributed by atoms with Gasteiger partial charge in [0.2, 0.25) is 0 Å². The summed E-state index contributed by atoms with van der Waals surface area (Å²) in [5, 5.41) is 5.87. The summed E-state index contributed by atoms with van der Waals surface area (Å²) in [5.74, 6) is 1.01. The van der Waals surface area contributed by atoms with Crippen LogP contribution in [-0.4, -0.2) is 46.3 Å². The van der Waals surface area contributed by atoms with Gasteiger partial charge in [-0.2, -0.15) is 5.10 Å². The predicted molar refractivity (Wildman–Crippen MR) is 121 cm³/mol. The molecule has 1 aromatic carbocycles. The summed E-state index contributed by atoms with van der Waals surface area (Å²) in [6.45, 7) is 11.2. The van der Waals surface area contributed by atoms with E-state index in [-0.39, 0.29) is 5.41 Å². The number of nitrogens with zero attached hydrogens (tertiary/aromatic N) is 5. The molecular weight excluding hydrogens is 358 g/mol. The highest BCUT2D eigenvalue weighted by atomic mass is 15.3. The van der Waals surface area contributed by atoms with Crippen LogP contribution in [0, 0.1) is 0 Å². The van der Waals surface area contributed by atoms with E-state index in [1.165, 1.54) is 22.2 Å². The molecule has 0 bridgehead atoms. The minimum atomic E-state index is -0.166. The van der Waals surface area contributed by atoms with Crippen LogP contribution in [0.3, 0.4) is 0 Å². The van der Waals surface area contributed by atoms with Crippen LogP contribution in [0.15, 0.2) is 30.3 Å². The van der Waals surface area contributed by atoms with Gasteiger partial charge in [0.15, 0.2) is 5.82 Å². The molecule has 0 spiro atoms. The van der Waals surface area contributed by atoms with Crippen LogP contribution in [0.5, 0.6) is 0 Å². The lowest BCUT2D eigenvalue weighted by Gasteiger charge is -2.33. The van der Waals surface area contributed by atoms with Crippen LogP contribution < -0.4 is 4.90 Å². The van der Waals surface area contributed by atoms with Crippen LogP contribution in [-0.2, 0) is 25.4 Å². The second kappa shape index (κ2) is 7.13. The van der Waals surface area contributed by atoms with Gasteiger partial charge in [-0.3, -0.25) is 14.6 Å². The van der Waals surface area contributed by atoms with Crippen LogP contribution in [0.1, 0.15) is 50.2 Å². The topological polar surface area (TPSA) is 37.2 Å². The maximum Gasteiger partial charge on any atom is 0.158 e. The van der Waals surface area contributed by atoms with E-state index in [1.54, 1.807) is 0 Å². The van der Waals surface area contributed by atoms with Gasteiger partial charge in [-0.05, 0) is 43.2 Å². The van der Waals surface area contributed by atoms with Crippen LogP contribution in [0.4, 0.5) is 5.82 Å². The lowest BCUT2D eigenvalue weighted by Crippen LogP contribution is -2.36. The van der Waals surface area contributed by atoms with Crippen molar-refractivity contribution >= 4 is 16.7 Å². The number of hydrogen-bond acceptors (Lipinski definition) is 4. The number of benzene rings is 1. The molecule has 29 heavy (non-hydrogen) atoms. The van der Waals surface area contributed by atoms with Gasteiger partial charge in [-0.25, -0.2) is 0 Å². The average molecular weight is 392 g/mol. The first-order chi connectivity index (χ1) is 13.7. The molecular formula is C24H33N5. The minimum absolute atomic E-state index is 0.166. The molecule has 0 saturated heterocycles. The van der Waals surface area contributed by atoms with Gasteiger partial charge in [-0.15, -0.1) is 0 Å². The molecule has 4 rings (SSSR count). The molecule has 0 unspecified atom stereocenters. The third-order valence-corrected chi connectivity index (χ3v) is 6.43. The molecule has 3 aromatic rings. The Kier molecular flexibility index (Phi) is 4.89. The van der Waals surface area contributed by atoms with E-state index < -0.39 is 0 Å². The number of pyridine rings is 1. The fourth-order valence-corrected chi connectivity index (χ4v) is 4.33. The van der Waals surface area contributed by atoms with Crippen molar-refractivity contribution in [1.82, 2.24) is 19.7 Å². The fraction of sp³-hybridized carbons (Fsp3) is 0.500. The van der Waals surface area contributed by atoms with E-state index >= 15 is 0 Å². The molecule has 5 nitrogen and oxygen atoms in total. The number of fused-ring (bicyclic) bond motifs is 2. The number of hydrogen-bond donors (Lipinski definition) is 0. The van der Waals surface area contributed by atoms with E-state index in [1.807, 2.05) is 25.8 Å². The van der Waals surface area contributed by atoms with Crippen molar-refractivity contribution in [3.63, 3.8) is 0 Å². The summed E-state index contributed by atoms with van der Waals surface area (Å²) in [6, 6.07) is 11.8. The van der Waals surface area contributed by atoms with E-state index in [4.69, 9.17) is 4.98 Å². The standard InChI is InChI=1S/C24H33N5/c1-16(2)29-13-12-20-17(15-29)8-11-22(25-20)24(3,4)18-9-10-19-21(14-18)28(7)26-23(19)27(5)6/h8-11,14,16H,12-13,15H2,1-7H3. The molecule has 2 aromatic heterocycles. The number of aryl methyl sites for hydroxylation is 1. The first-order valence-electron chi connectivity index (χ1n) is 10.6. The van der Waals surface area contributed by atoms with E-state index in [0.29, 0.717) is 6.04 Å². The molecule has 1 aliphatic rings. The Hall–Kier alpha value is -2.40. The summed E-state index contributed by atoms with van der Waals surface area (Å²) < 4.78 is 1.98. The molecule has 5 heteroatoms. The van der Waals surface area contributed by atoms with Crippen molar-refractivity contribution in [3.8, 4) is 0 Å². The monoisotopic (exact) mass is 391 g/mol. The Morgan fingerprint density at radius 3 is 2.55 bits per heavy atom. The van der Waals surface area contributed by atoms with E-state index in [2.05, 4.69) is 72.9 Å². The van der Waals surface area contributed by atoms with Crippen molar-refractivity contribution in [2.45, 2.75) is 52.1 Å². The average Bonchev–Trinajstić information content (AvgIpc) is 3.03. The van der Waals surface area contributed by atoms with Crippen molar-refractivity contribution < 1.29 is 0 Å². The Morgan fingerprint density at radius 2 is 1.86 bits per heavy atom. The second-order valence-corrected chi connectivity index (χ2v) is 9.32. The van der Waals surface area contributed by atoms with Gasteiger partial charge in [0, 0.05) is 63.2 Å². The third-order valence-electron chi connectivity index (χ3n) is 6.43. The molecule has 0 atom stereocenters. The lowest BCUT2D eigenvalue weighted by atomic mass is 9.80. The maximum absolute atomic E-state index is 5.13. The SMILES string of the molecule is CC(C)N1CCc2nc(C(C)(C)c3ccc4c(N(C)C)nn(C)c4c3)ccc2C1. The highest BCUT2D eigenvalue weighted by Crippen LogP contribution is 2.35. The molecule has 0 radical (unpaired) electrons. The minimum Gasteiger partial charge on any atom is -0.361 e. The number of aromatic nitrogens is 3. The molecule has 0 aliphatic carbocycles. The zero-order chi connectivity index (χ0) is 20.9.